The molecular weight excluding hydrogens is 236 g/mol. The molecule has 0 aromatic rings. The number of hydrogen-bond acceptors (Lipinski definition) is 2. The number of nitrogens with one attached hydrogen (secondary N) is 1. The van der Waals surface area contributed by atoms with E-state index in [1.165, 1.54) is 0 Å². The number of imide groups is 1. The van der Waals surface area contributed by atoms with Crippen molar-refractivity contribution >= 4 is 58.2 Å². The van der Waals surface area contributed by atoms with Crippen LogP contribution in [-0.2, 0) is 9.59 Å². The molecule has 0 aliphatic heterocycles. The van der Waals surface area contributed by atoms with E-state index in [9.17, 15) is 9.59 Å². The van der Waals surface area contributed by atoms with E-state index in [1.807, 2.05) is 0 Å². The van der Waals surface area contributed by atoms with Gasteiger partial charge in [-0.25, -0.2) is 0 Å². The van der Waals surface area contributed by atoms with Gasteiger partial charge in [0.15, 0.2) is 0 Å². The van der Waals surface area contributed by atoms with Crippen molar-refractivity contribution in [2.45, 2.75) is 3.79 Å². The van der Waals surface area contributed by atoms with Crippen LogP contribution in [0.2, 0.25) is 0 Å². The second-order valence-electron chi connectivity index (χ2n) is 1.51. The van der Waals surface area contributed by atoms with Gasteiger partial charge in [0.05, 0.1) is 0 Å². The monoisotopic (exact) mass is 237 g/mol. The minimum atomic E-state index is -2.12. The van der Waals surface area contributed by atoms with E-state index in [4.69, 9.17) is 46.4 Å². The Hall–Kier alpha value is 0.300. The molecule has 0 fully saturated rings. The molecule has 1 N–H and O–H groups in total. The summed E-state index contributed by atoms with van der Waals surface area (Å²) < 4.78 is -2.12. The Morgan fingerprint density at radius 1 is 1.27 bits per heavy atom. The van der Waals surface area contributed by atoms with Crippen LogP contribution in [-0.4, -0.2) is 21.5 Å². The van der Waals surface area contributed by atoms with Crippen LogP contribution < -0.4 is 5.32 Å². The van der Waals surface area contributed by atoms with Crippen molar-refractivity contribution in [3.05, 3.63) is 0 Å². The lowest BCUT2D eigenvalue weighted by molar-refractivity contribution is -0.128. The minimum absolute atomic E-state index is 0.355. The Morgan fingerprint density at radius 3 is 2.00 bits per heavy atom. The first-order valence-corrected chi connectivity index (χ1v) is 4.01. The van der Waals surface area contributed by atoms with E-state index < -0.39 is 15.6 Å². The van der Waals surface area contributed by atoms with Gasteiger partial charge in [-0.1, -0.05) is 34.8 Å². The van der Waals surface area contributed by atoms with Gasteiger partial charge in [-0.2, -0.15) is 0 Å². The Balaban J connectivity index is 3.99. The van der Waals surface area contributed by atoms with Crippen molar-refractivity contribution in [1.82, 2.24) is 5.32 Å². The van der Waals surface area contributed by atoms with Gasteiger partial charge in [0.25, 0.3) is 9.70 Å². The quantitative estimate of drug-likeness (QED) is 0.699. The van der Waals surface area contributed by atoms with Gasteiger partial charge in [-0.05, 0) is 0 Å². The zero-order valence-corrected chi connectivity index (χ0v) is 8.06. The number of halogens is 4. The molecule has 11 heavy (non-hydrogen) atoms. The molecule has 0 aromatic carbocycles. The maximum absolute atomic E-state index is 10.6. The largest absolute Gasteiger partial charge is 0.292 e. The van der Waals surface area contributed by atoms with Crippen LogP contribution in [0.5, 0.6) is 0 Å². The van der Waals surface area contributed by atoms with E-state index >= 15 is 0 Å². The first kappa shape index (κ1) is 11.3. The van der Waals surface area contributed by atoms with Crippen molar-refractivity contribution in [3.63, 3.8) is 0 Å². The van der Waals surface area contributed by atoms with E-state index in [-0.39, 0.29) is 5.88 Å². The van der Waals surface area contributed by atoms with Crippen LogP contribution >= 0.6 is 46.4 Å². The Bertz CT molecular complexity index is 175. The molecule has 0 heterocycles. The molecule has 2 amide bonds. The summed E-state index contributed by atoms with van der Waals surface area (Å²) in [6.45, 7) is 0. The fourth-order valence-electron chi connectivity index (χ4n) is 0.231. The maximum Gasteiger partial charge on any atom is 0.278 e. The molecule has 0 aromatic heterocycles. The van der Waals surface area contributed by atoms with Crippen LogP contribution in [0.3, 0.4) is 0 Å². The SMILES string of the molecule is O=C(CCl)NC(=O)C(Cl)(Cl)Cl. The minimum Gasteiger partial charge on any atom is -0.292 e. The molecule has 3 nitrogen and oxygen atoms in total. The van der Waals surface area contributed by atoms with Gasteiger partial charge in [0, 0.05) is 0 Å². The summed E-state index contributed by atoms with van der Waals surface area (Å²) in [6, 6.07) is 0. The lowest BCUT2D eigenvalue weighted by atomic mass is 10.6. The molecule has 0 spiro atoms. The lowest BCUT2D eigenvalue weighted by Gasteiger charge is -2.08. The van der Waals surface area contributed by atoms with Crippen LogP contribution in [0.1, 0.15) is 0 Å². The number of amides is 2. The van der Waals surface area contributed by atoms with Crippen molar-refractivity contribution < 1.29 is 9.59 Å². The Morgan fingerprint density at radius 2 is 1.73 bits per heavy atom. The standard InChI is InChI=1S/C4H3Cl4NO2/c5-1-2(10)9-3(11)4(6,7)8/h1H2,(H,9,10,11). The third kappa shape index (κ3) is 4.69. The van der Waals surface area contributed by atoms with Gasteiger partial charge in [-0.3, -0.25) is 14.9 Å². The molecule has 0 unspecified atom stereocenters. The first-order chi connectivity index (χ1) is 4.88. The van der Waals surface area contributed by atoms with Gasteiger partial charge in [0.1, 0.15) is 5.88 Å². The molecule has 64 valence electrons. The topological polar surface area (TPSA) is 46.2 Å². The van der Waals surface area contributed by atoms with E-state index in [2.05, 4.69) is 0 Å². The van der Waals surface area contributed by atoms with Gasteiger partial charge >= 0.3 is 0 Å². The highest BCUT2D eigenvalue weighted by atomic mass is 35.6. The summed E-state index contributed by atoms with van der Waals surface area (Å²) in [5, 5.41) is 1.76. The summed E-state index contributed by atoms with van der Waals surface area (Å²) in [4.78, 5) is 21.1. The van der Waals surface area contributed by atoms with E-state index in [0.717, 1.165) is 0 Å². The number of hydrogen-bond donors (Lipinski definition) is 1. The summed E-state index contributed by atoms with van der Waals surface area (Å²) in [5.41, 5.74) is 0. The number of alkyl halides is 4. The molecule has 0 rings (SSSR count). The van der Waals surface area contributed by atoms with Crippen molar-refractivity contribution in [1.29, 1.82) is 0 Å². The summed E-state index contributed by atoms with van der Waals surface area (Å²) >= 11 is 20.4. The van der Waals surface area contributed by atoms with Crippen molar-refractivity contribution in [2.75, 3.05) is 5.88 Å². The molecule has 0 saturated heterocycles. The number of carbonyl (C=O) groups is 2. The third-order valence-electron chi connectivity index (χ3n) is 0.632. The van der Waals surface area contributed by atoms with Crippen LogP contribution in [0.4, 0.5) is 0 Å². The fraction of sp³-hybridized carbons (Fsp3) is 0.500. The molecule has 0 aliphatic carbocycles. The Labute approximate surface area is 82.9 Å². The van der Waals surface area contributed by atoms with E-state index in [0.29, 0.717) is 0 Å². The zero-order valence-electron chi connectivity index (χ0n) is 5.04. The van der Waals surface area contributed by atoms with Gasteiger partial charge in [-0.15, -0.1) is 11.6 Å². The molecule has 0 atom stereocenters. The average Bonchev–Trinajstić information content (AvgIpc) is 1.85. The smallest absolute Gasteiger partial charge is 0.278 e. The zero-order chi connectivity index (χ0) is 9.07. The third-order valence-corrected chi connectivity index (χ3v) is 1.39. The second kappa shape index (κ2) is 4.36. The first-order valence-electron chi connectivity index (χ1n) is 2.35. The second-order valence-corrected chi connectivity index (χ2v) is 4.06. The highest BCUT2D eigenvalue weighted by molar-refractivity contribution is 6.76. The van der Waals surface area contributed by atoms with Gasteiger partial charge < -0.3 is 0 Å². The molecule has 0 aliphatic rings. The van der Waals surface area contributed by atoms with E-state index in [1.54, 1.807) is 5.32 Å². The fourth-order valence-corrected chi connectivity index (χ4v) is 0.439. The summed E-state index contributed by atoms with van der Waals surface area (Å²) in [5.74, 6) is -2.07. The number of carbonyl (C=O) groups excluding carboxylic acids is 2. The van der Waals surface area contributed by atoms with Crippen LogP contribution in [0, 0.1) is 0 Å². The predicted molar refractivity (Wildman–Crippen MR) is 44.2 cm³/mol. The average molecular weight is 239 g/mol. The molecule has 7 heteroatoms. The predicted octanol–water partition coefficient (Wildman–Crippen LogP) is 1.24. The molecular formula is C4H3Cl4NO2. The molecule has 0 radical (unpaired) electrons. The highest BCUT2D eigenvalue weighted by Gasteiger charge is 2.31. The molecule has 0 saturated carbocycles. The maximum atomic E-state index is 10.6. The van der Waals surface area contributed by atoms with Crippen molar-refractivity contribution in [3.8, 4) is 0 Å². The summed E-state index contributed by atoms with van der Waals surface area (Å²) in [6.07, 6.45) is 0. The van der Waals surface area contributed by atoms with Crippen LogP contribution in [0.15, 0.2) is 0 Å². The van der Waals surface area contributed by atoms with Gasteiger partial charge in [0.2, 0.25) is 5.91 Å². The Kier molecular flexibility index (Phi) is 4.48. The normalized spacial score (nSPS) is 10.9. The summed E-state index contributed by atoms with van der Waals surface area (Å²) in [7, 11) is 0. The van der Waals surface area contributed by atoms with Crippen LogP contribution in [0.25, 0.3) is 0 Å². The highest BCUT2D eigenvalue weighted by Crippen LogP contribution is 2.25. The number of rotatable bonds is 1. The lowest BCUT2D eigenvalue weighted by Crippen LogP contribution is -2.39. The van der Waals surface area contributed by atoms with Crippen molar-refractivity contribution in [2.24, 2.45) is 0 Å². The molecule has 0 bridgehead atoms.